The summed E-state index contributed by atoms with van der Waals surface area (Å²) in [6, 6.07) is 0. The zero-order chi connectivity index (χ0) is 12.4. The zero-order valence-electron chi connectivity index (χ0n) is 10.2. The predicted octanol–water partition coefficient (Wildman–Crippen LogP) is 2.00. The van der Waals surface area contributed by atoms with Crippen LogP contribution in [0.1, 0.15) is 33.6 Å². The van der Waals surface area contributed by atoms with E-state index >= 15 is 0 Å². The van der Waals surface area contributed by atoms with E-state index in [4.69, 9.17) is 11.2 Å². The Labute approximate surface area is 97.5 Å². The molecule has 0 heterocycles. The van der Waals surface area contributed by atoms with Crippen LogP contribution < -0.4 is 5.32 Å². The molecule has 0 aromatic carbocycles. The van der Waals surface area contributed by atoms with E-state index in [1.807, 2.05) is 20.8 Å². The minimum atomic E-state index is -0.453. The second-order valence-electron chi connectivity index (χ2n) is 4.26. The third kappa shape index (κ3) is 10.6. The fourth-order valence-electron chi connectivity index (χ4n) is 0.865. The van der Waals surface area contributed by atoms with E-state index in [1.54, 1.807) is 6.21 Å². The highest BCUT2D eigenvalue weighted by molar-refractivity contribution is 5.68. The van der Waals surface area contributed by atoms with Crippen LogP contribution in [0.15, 0.2) is 4.99 Å². The van der Waals surface area contributed by atoms with Crippen LogP contribution in [-0.4, -0.2) is 31.0 Å². The molecule has 4 heteroatoms. The van der Waals surface area contributed by atoms with Crippen molar-refractivity contribution in [2.24, 2.45) is 4.99 Å². The van der Waals surface area contributed by atoms with Gasteiger partial charge in [-0.05, 0) is 27.2 Å². The summed E-state index contributed by atoms with van der Waals surface area (Å²) in [6.45, 7) is 6.65. The molecule has 0 spiro atoms. The lowest BCUT2D eigenvalue weighted by molar-refractivity contribution is 0.0529. The normalized spacial score (nSPS) is 11.1. The number of amides is 1. The molecule has 0 aromatic rings. The number of aliphatic imine (C=N–C) groups is 1. The summed E-state index contributed by atoms with van der Waals surface area (Å²) in [4.78, 5) is 15.3. The monoisotopic (exact) mass is 224 g/mol. The van der Waals surface area contributed by atoms with Crippen molar-refractivity contribution < 1.29 is 9.53 Å². The van der Waals surface area contributed by atoms with Crippen LogP contribution in [0.3, 0.4) is 0 Å². The standard InChI is InChI=1S/C12H20N2O2/c1-5-6-8-13-9-7-10-14-11(15)16-12(2,3)4/h1,9H,6-8,10H2,2-4H3,(H,14,15). The first-order chi connectivity index (χ1) is 7.45. The smallest absolute Gasteiger partial charge is 0.407 e. The van der Waals surface area contributed by atoms with Gasteiger partial charge in [-0.2, -0.15) is 0 Å². The van der Waals surface area contributed by atoms with Gasteiger partial charge in [0.15, 0.2) is 0 Å². The van der Waals surface area contributed by atoms with Crippen LogP contribution in [0.2, 0.25) is 0 Å². The van der Waals surface area contributed by atoms with Crippen LogP contribution in [0.25, 0.3) is 0 Å². The number of carbonyl (C=O) groups is 1. The molecule has 0 aromatic heterocycles. The van der Waals surface area contributed by atoms with E-state index in [2.05, 4.69) is 16.2 Å². The highest BCUT2D eigenvalue weighted by Gasteiger charge is 2.14. The largest absolute Gasteiger partial charge is 0.444 e. The maximum atomic E-state index is 11.2. The van der Waals surface area contributed by atoms with Crippen LogP contribution in [-0.2, 0) is 4.74 Å². The lowest BCUT2D eigenvalue weighted by atomic mass is 10.2. The lowest BCUT2D eigenvalue weighted by Crippen LogP contribution is -2.33. The predicted molar refractivity (Wildman–Crippen MR) is 65.7 cm³/mol. The van der Waals surface area contributed by atoms with Gasteiger partial charge >= 0.3 is 6.09 Å². The number of nitrogens with one attached hydrogen (secondary N) is 1. The highest BCUT2D eigenvalue weighted by Crippen LogP contribution is 2.06. The van der Waals surface area contributed by atoms with Gasteiger partial charge in [0.05, 0.1) is 0 Å². The molecule has 1 N–H and O–H groups in total. The Balaban J connectivity index is 3.49. The molecule has 0 saturated heterocycles. The second kappa shape index (κ2) is 7.75. The van der Waals surface area contributed by atoms with E-state index in [-0.39, 0.29) is 0 Å². The van der Waals surface area contributed by atoms with Crippen molar-refractivity contribution in [2.45, 2.75) is 39.2 Å². The molecule has 0 fully saturated rings. The van der Waals surface area contributed by atoms with E-state index in [1.165, 1.54) is 0 Å². The summed E-state index contributed by atoms with van der Waals surface area (Å²) in [5.74, 6) is 2.50. The number of hydrogen-bond donors (Lipinski definition) is 1. The molecule has 0 aliphatic rings. The Kier molecular flexibility index (Phi) is 7.02. The topological polar surface area (TPSA) is 50.7 Å². The second-order valence-corrected chi connectivity index (χ2v) is 4.26. The molecule has 16 heavy (non-hydrogen) atoms. The summed E-state index contributed by atoms with van der Waals surface area (Å²) >= 11 is 0. The summed E-state index contributed by atoms with van der Waals surface area (Å²) < 4.78 is 5.06. The summed E-state index contributed by atoms with van der Waals surface area (Å²) in [5.41, 5.74) is -0.453. The third-order valence-corrected chi connectivity index (χ3v) is 1.46. The van der Waals surface area contributed by atoms with Crippen molar-refractivity contribution in [1.29, 1.82) is 0 Å². The van der Waals surface area contributed by atoms with Crippen molar-refractivity contribution in [1.82, 2.24) is 5.32 Å². The first kappa shape index (κ1) is 14.5. The van der Waals surface area contributed by atoms with Gasteiger partial charge in [-0.3, -0.25) is 4.99 Å². The quantitative estimate of drug-likeness (QED) is 0.441. The molecular formula is C12H20N2O2. The van der Waals surface area contributed by atoms with E-state index in [0.29, 0.717) is 25.9 Å². The lowest BCUT2D eigenvalue weighted by Gasteiger charge is -2.19. The van der Waals surface area contributed by atoms with Gasteiger partial charge in [-0.15, -0.1) is 12.3 Å². The Morgan fingerprint density at radius 1 is 1.56 bits per heavy atom. The van der Waals surface area contributed by atoms with Crippen molar-refractivity contribution in [3.8, 4) is 12.3 Å². The molecule has 90 valence electrons. The van der Waals surface area contributed by atoms with Gasteiger partial charge < -0.3 is 10.1 Å². The maximum absolute atomic E-state index is 11.2. The average Bonchev–Trinajstić information content (AvgIpc) is 2.13. The third-order valence-electron chi connectivity index (χ3n) is 1.46. The van der Waals surface area contributed by atoms with Crippen molar-refractivity contribution in [3.63, 3.8) is 0 Å². The van der Waals surface area contributed by atoms with Crippen LogP contribution >= 0.6 is 0 Å². The number of rotatable bonds is 5. The molecule has 0 radical (unpaired) electrons. The van der Waals surface area contributed by atoms with Gasteiger partial charge in [0.2, 0.25) is 0 Å². The Hall–Kier alpha value is -1.50. The van der Waals surface area contributed by atoms with Crippen LogP contribution in [0.5, 0.6) is 0 Å². The summed E-state index contributed by atoms with van der Waals surface area (Å²) in [7, 11) is 0. The zero-order valence-corrected chi connectivity index (χ0v) is 10.2. The Bertz CT molecular complexity index is 272. The molecule has 1 amide bonds. The molecule has 0 aliphatic heterocycles. The van der Waals surface area contributed by atoms with Gasteiger partial charge in [-0.25, -0.2) is 4.79 Å². The van der Waals surface area contributed by atoms with Crippen LogP contribution in [0.4, 0.5) is 4.79 Å². The first-order valence-corrected chi connectivity index (χ1v) is 5.34. The molecule has 0 aliphatic carbocycles. The fraction of sp³-hybridized carbons (Fsp3) is 0.667. The molecule has 0 saturated carbocycles. The SMILES string of the molecule is C#CCCN=CCCNC(=O)OC(C)(C)C. The summed E-state index contributed by atoms with van der Waals surface area (Å²) in [6.07, 6.45) is 7.76. The molecule has 0 bridgehead atoms. The van der Waals surface area contributed by atoms with Crippen LogP contribution in [0, 0.1) is 12.3 Å². The van der Waals surface area contributed by atoms with E-state index in [9.17, 15) is 4.79 Å². The average molecular weight is 224 g/mol. The first-order valence-electron chi connectivity index (χ1n) is 5.34. The van der Waals surface area contributed by atoms with Crippen molar-refractivity contribution in [3.05, 3.63) is 0 Å². The van der Waals surface area contributed by atoms with Crippen molar-refractivity contribution in [2.75, 3.05) is 13.1 Å². The molecule has 0 atom stereocenters. The minimum absolute atomic E-state index is 0.399. The Morgan fingerprint density at radius 3 is 2.81 bits per heavy atom. The van der Waals surface area contributed by atoms with Gasteiger partial charge in [-0.1, -0.05) is 0 Å². The molecular weight excluding hydrogens is 204 g/mol. The molecule has 0 rings (SSSR count). The minimum Gasteiger partial charge on any atom is -0.444 e. The maximum Gasteiger partial charge on any atom is 0.407 e. The van der Waals surface area contributed by atoms with E-state index < -0.39 is 11.7 Å². The van der Waals surface area contributed by atoms with E-state index in [0.717, 1.165) is 0 Å². The van der Waals surface area contributed by atoms with Gasteiger partial charge in [0.1, 0.15) is 5.60 Å². The van der Waals surface area contributed by atoms with Gasteiger partial charge in [0, 0.05) is 25.7 Å². The fourth-order valence-corrected chi connectivity index (χ4v) is 0.865. The summed E-state index contributed by atoms with van der Waals surface area (Å²) in [5, 5.41) is 2.64. The number of terminal acetylenes is 1. The number of alkyl carbamates (subject to hydrolysis) is 1. The highest BCUT2D eigenvalue weighted by atomic mass is 16.6. The molecule has 0 unspecified atom stereocenters. The number of nitrogens with zero attached hydrogens (tertiary/aromatic N) is 1. The van der Waals surface area contributed by atoms with Crippen molar-refractivity contribution >= 4 is 12.3 Å². The number of ether oxygens (including phenoxy) is 1. The number of carbonyl (C=O) groups excluding carboxylic acids is 1. The number of hydrogen-bond acceptors (Lipinski definition) is 3. The molecule has 4 nitrogen and oxygen atoms in total. The Morgan fingerprint density at radius 2 is 2.25 bits per heavy atom. The van der Waals surface area contributed by atoms with Gasteiger partial charge in [0.25, 0.3) is 0 Å².